The van der Waals surface area contributed by atoms with E-state index in [-0.39, 0.29) is 6.04 Å². The second-order valence-corrected chi connectivity index (χ2v) is 5.26. The van der Waals surface area contributed by atoms with Crippen LogP contribution in [0.4, 0.5) is 0 Å². The van der Waals surface area contributed by atoms with Crippen LogP contribution in [0.3, 0.4) is 0 Å². The van der Waals surface area contributed by atoms with E-state index in [0.29, 0.717) is 6.61 Å². The highest BCUT2D eigenvalue weighted by Gasteiger charge is 2.27. The number of piperidine rings is 1. The molecule has 0 radical (unpaired) electrons. The van der Waals surface area contributed by atoms with E-state index < -0.39 is 5.97 Å². The first-order valence-electron chi connectivity index (χ1n) is 7.44. The molecule has 5 nitrogen and oxygen atoms in total. The summed E-state index contributed by atoms with van der Waals surface area (Å²) >= 11 is 0. The third-order valence-corrected chi connectivity index (χ3v) is 3.82. The molecule has 1 heterocycles. The molecule has 1 N–H and O–H groups in total. The third-order valence-electron chi connectivity index (χ3n) is 3.82. The first-order valence-corrected chi connectivity index (χ1v) is 7.44. The summed E-state index contributed by atoms with van der Waals surface area (Å²) in [4.78, 5) is 13.3. The lowest BCUT2D eigenvalue weighted by Gasteiger charge is -2.32. The summed E-state index contributed by atoms with van der Waals surface area (Å²) < 4.78 is 10.8. The van der Waals surface area contributed by atoms with E-state index in [1.807, 2.05) is 24.3 Å². The van der Waals surface area contributed by atoms with E-state index in [1.165, 1.54) is 0 Å². The molecule has 0 aromatic heterocycles. The molecule has 21 heavy (non-hydrogen) atoms. The maximum absolute atomic E-state index is 11.2. The number of methoxy groups -OCH3 is 1. The van der Waals surface area contributed by atoms with E-state index in [2.05, 4.69) is 4.90 Å². The minimum Gasteiger partial charge on any atom is -0.497 e. The number of rotatable bonds is 7. The smallest absolute Gasteiger partial charge is 0.320 e. The lowest BCUT2D eigenvalue weighted by molar-refractivity contribution is -0.144. The Bertz CT molecular complexity index is 446. The number of carbonyl (C=O) groups is 1. The molecule has 5 heteroatoms. The largest absolute Gasteiger partial charge is 0.497 e. The van der Waals surface area contributed by atoms with Gasteiger partial charge in [-0.15, -0.1) is 0 Å². The summed E-state index contributed by atoms with van der Waals surface area (Å²) in [6.45, 7) is 2.24. The topological polar surface area (TPSA) is 59.0 Å². The van der Waals surface area contributed by atoms with E-state index in [0.717, 1.165) is 50.3 Å². The normalized spacial score (nSPS) is 19.2. The average molecular weight is 293 g/mol. The van der Waals surface area contributed by atoms with Crippen molar-refractivity contribution in [3.63, 3.8) is 0 Å². The molecule has 0 aliphatic carbocycles. The Kier molecular flexibility index (Phi) is 5.87. The summed E-state index contributed by atoms with van der Waals surface area (Å²) in [5.74, 6) is 0.912. The molecule has 1 unspecified atom stereocenters. The summed E-state index contributed by atoms with van der Waals surface area (Å²) in [6.07, 6.45) is 3.68. The Morgan fingerprint density at radius 1 is 1.29 bits per heavy atom. The molecule has 0 spiro atoms. The zero-order valence-electron chi connectivity index (χ0n) is 12.5. The van der Waals surface area contributed by atoms with Crippen molar-refractivity contribution in [3.8, 4) is 11.5 Å². The highest BCUT2D eigenvalue weighted by molar-refractivity contribution is 5.73. The van der Waals surface area contributed by atoms with Crippen molar-refractivity contribution in [2.45, 2.75) is 31.7 Å². The van der Waals surface area contributed by atoms with Gasteiger partial charge in [0, 0.05) is 6.54 Å². The number of carboxylic acids is 1. The molecule has 0 saturated carbocycles. The van der Waals surface area contributed by atoms with Crippen LogP contribution in [-0.2, 0) is 4.79 Å². The highest BCUT2D eigenvalue weighted by atomic mass is 16.5. The number of nitrogens with zero attached hydrogens (tertiary/aromatic N) is 1. The van der Waals surface area contributed by atoms with Crippen LogP contribution in [-0.4, -0.2) is 48.8 Å². The van der Waals surface area contributed by atoms with Crippen molar-refractivity contribution in [2.75, 3.05) is 26.8 Å². The van der Waals surface area contributed by atoms with E-state index in [1.54, 1.807) is 7.11 Å². The number of aliphatic carboxylic acids is 1. The van der Waals surface area contributed by atoms with Gasteiger partial charge in [0.2, 0.25) is 0 Å². The predicted octanol–water partition coefficient (Wildman–Crippen LogP) is 2.40. The Morgan fingerprint density at radius 3 is 2.67 bits per heavy atom. The van der Waals surface area contributed by atoms with Gasteiger partial charge in [0.25, 0.3) is 0 Å². The fourth-order valence-corrected chi connectivity index (χ4v) is 2.67. The summed E-state index contributed by atoms with van der Waals surface area (Å²) in [5, 5.41) is 9.21. The predicted molar refractivity (Wildman–Crippen MR) is 80.0 cm³/mol. The van der Waals surface area contributed by atoms with Crippen LogP contribution in [0.1, 0.15) is 25.7 Å². The standard InChI is InChI=1S/C16H23NO4/c1-20-13-6-8-14(9-7-13)21-12-4-11-17-10-3-2-5-15(17)16(18)19/h6-9,15H,2-5,10-12H2,1H3,(H,18,19). The van der Waals surface area contributed by atoms with Gasteiger partial charge >= 0.3 is 5.97 Å². The van der Waals surface area contributed by atoms with Crippen LogP contribution in [0.2, 0.25) is 0 Å². The quantitative estimate of drug-likeness (QED) is 0.782. The highest BCUT2D eigenvalue weighted by Crippen LogP contribution is 2.19. The number of benzene rings is 1. The van der Waals surface area contributed by atoms with Crippen molar-refractivity contribution < 1.29 is 19.4 Å². The fraction of sp³-hybridized carbons (Fsp3) is 0.562. The number of carboxylic acid groups (broad SMARTS) is 1. The van der Waals surface area contributed by atoms with E-state index in [9.17, 15) is 9.90 Å². The van der Waals surface area contributed by atoms with E-state index >= 15 is 0 Å². The van der Waals surface area contributed by atoms with Crippen LogP contribution in [0, 0.1) is 0 Å². The minimum atomic E-state index is -0.703. The molecule has 0 amide bonds. The Morgan fingerprint density at radius 2 is 2.00 bits per heavy atom. The SMILES string of the molecule is COc1ccc(OCCCN2CCCCC2C(=O)O)cc1. The van der Waals surface area contributed by atoms with Crippen LogP contribution in [0.15, 0.2) is 24.3 Å². The molecule has 1 aliphatic rings. The average Bonchev–Trinajstić information content (AvgIpc) is 2.52. The van der Waals surface area contributed by atoms with Crippen LogP contribution < -0.4 is 9.47 Å². The lowest BCUT2D eigenvalue weighted by atomic mass is 10.0. The molecule has 1 atom stereocenters. The van der Waals surface area contributed by atoms with Gasteiger partial charge in [-0.05, 0) is 50.1 Å². The molecule has 1 fully saturated rings. The number of ether oxygens (including phenoxy) is 2. The van der Waals surface area contributed by atoms with Gasteiger partial charge in [-0.1, -0.05) is 6.42 Å². The number of hydrogen-bond acceptors (Lipinski definition) is 4. The van der Waals surface area contributed by atoms with Crippen molar-refractivity contribution in [3.05, 3.63) is 24.3 Å². The first-order chi connectivity index (χ1) is 10.2. The number of likely N-dealkylation sites (tertiary alicyclic amines) is 1. The Balaban J connectivity index is 1.71. The maximum Gasteiger partial charge on any atom is 0.320 e. The lowest BCUT2D eigenvalue weighted by Crippen LogP contribution is -2.45. The fourth-order valence-electron chi connectivity index (χ4n) is 2.67. The summed E-state index contributed by atoms with van der Waals surface area (Å²) in [5.41, 5.74) is 0. The molecule has 1 aromatic carbocycles. The van der Waals surface area contributed by atoms with Gasteiger partial charge in [-0.3, -0.25) is 9.69 Å². The second-order valence-electron chi connectivity index (χ2n) is 5.26. The first kappa shape index (κ1) is 15.6. The molecular formula is C16H23NO4. The van der Waals surface area contributed by atoms with Gasteiger partial charge in [0.1, 0.15) is 17.5 Å². The molecule has 1 saturated heterocycles. The molecule has 1 aromatic rings. The van der Waals surface area contributed by atoms with Crippen molar-refractivity contribution >= 4 is 5.97 Å². The zero-order chi connectivity index (χ0) is 15.1. The Hall–Kier alpha value is -1.75. The molecule has 116 valence electrons. The minimum absolute atomic E-state index is 0.320. The van der Waals surface area contributed by atoms with Crippen molar-refractivity contribution in [1.82, 2.24) is 4.90 Å². The van der Waals surface area contributed by atoms with Crippen LogP contribution in [0.5, 0.6) is 11.5 Å². The van der Waals surface area contributed by atoms with Crippen molar-refractivity contribution in [2.24, 2.45) is 0 Å². The van der Waals surface area contributed by atoms with Gasteiger partial charge in [0.05, 0.1) is 13.7 Å². The Labute approximate surface area is 125 Å². The van der Waals surface area contributed by atoms with Gasteiger partial charge < -0.3 is 14.6 Å². The second kappa shape index (κ2) is 7.88. The summed E-state index contributed by atoms with van der Waals surface area (Å²) in [7, 11) is 1.63. The summed E-state index contributed by atoms with van der Waals surface area (Å²) in [6, 6.07) is 7.15. The van der Waals surface area contributed by atoms with Crippen LogP contribution >= 0.6 is 0 Å². The molecule has 0 bridgehead atoms. The number of hydrogen-bond donors (Lipinski definition) is 1. The monoisotopic (exact) mass is 293 g/mol. The van der Waals surface area contributed by atoms with Gasteiger partial charge in [-0.2, -0.15) is 0 Å². The molecule has 1 aliphatic heterocycles. The van der Waals surface area contributed by atoms with Crippen molar-refractivity contribution in [1.29, 1.82) is 0 Å². The maximum atomic E-state index is 11.2. The van der Waals surface area contributed by atoms with Gasteiger partial charge in [0.15, 0.2) is 0 Å². The zero-order valence-corrected chi connectivity index (χ0v) is 12.5. The third kappa shape index (κ3) is 4.63. The van der Waals surface area contributed by atoms with E-state index in [4.69, 9.17) is 9.47 Å². The van der Waals surface area contributed by atoms with Crippen LogP contribution in [0.25, 0.3) is 0 Å². The molecule has 2 rings (SSSR count). The van der Waals surface area contributed by atoms with Gasteiger partial charge in [-0.25, -0.2) is 0 Å². The molecular weight excluding hydrogens is 270 g/mol.